The summed E-state index contributed by atoms with van der Waals surface area (Å²) in [5.41, 5.74) is 2.61. The average molecular weight is 396 g/mol. The van der Waals surface area contributed by atoms with Crippen molar-refractivity contribution in [1.82, 2.24) is 30.1 Å². The molecule has 0 aliphatic carbocycles. The molecule has 1 aliphatic heterocycles. The van der Waals surface area contributed by atoms with Crippen molar-refractivity contribution in [3.8, 4) is 0 Å². The van der Waals surface area contributed by atoms with Crippen LogP contribution in [0.25, 0.3) is 10.9 Å². The van der Waals surface area contributed by atoms with Crippen LogP contribution in [0.3, 0.4) is 0 Å². The van der Waals surface area contributed by atoms with Crippen LogP contribution in [0.5, 0.6) is 0 Å². The SMILES string of the molecule is COCCn1nnnc1[C@@H](c1cc2cc(C)ccc2[nH]c1=O)N1CCCCCC1. The molecule has 1 fully saturated rings. The van der Waals surface area contributed by atoms with Gasteiger partial charge in [-0.1, -0.05) is 24.5 Å². The first-order valence-electron chi connectivity index (χ1n) is 10.3. The van der Waals surface area contributed by atoms with Crippen molar-refractivity contribution in [3.05, 3.63) is 51.6 Å². The van der Waals surface area contributed by atoms with E-state index in [-0.39, 0.29) is 11.6 Å². The number of fused-ring (bicyclic) bond motifs is 1. The van der Waals surface area contributed by atoms with Gasteiger partial charge in [0, 0.05) is 18.2 Å². The third kappa shape index (κ3) is 4.23. The lowest BCUT2D eigenvalue weighted by Gasteiger charge is -2.29. The molecule has 4 rings (SSSR count). The van der Waals surface area contributed by atoms with Crippen LogP contribution in [0, 0.1) is 6.92 Å². The number of methoxy groups -OCH3 is 1. The zero-order chi connectivity index (χ0) is 20.2. The number of pyridine rings is 1. The molecule has 0 spiro atoms. The first kappa shape index (κ1) is 19.7. The molecule has 8 nitrogen and oxygen atoms in total. The van der Waals surface area contributed by atoms with Crippen molar-refractivity contribution < 1.29 is 4.74 Å². The van der Waals surface area contributed by atoms with Crippen molar-refractivity contribution in [2.75, 3.05) is 26.8 Å². The van der Waals surface area contributed by atoms with Gasteiger partial charge in [0.2, 0.25) is 0 Å². The molecule has 1 atom stereocenters. The minimum absolute atomic E-state index is 0.0862. The second-order valence-corrected chi connectivity index (χ2v) is 7.75. The van der Waals surface area contributed by atoms with Crippen molar-refractivity contribution in [2.24, 2.45) is 0 Å². The Balaban J connectivity index is 1.84. The molecule has 0 unspecified atom stereocenters. The Labute approximate surface area is 169 Å². The van der Waals surface area contributed by atoms with Gasteiger partial charge in [0.15, 0.2) is 5.82 Å². The smallest absolute Gasteiger partial charge is 0.253 e. The lowest BCUT2D eigenvalue weighted by molar-refractivity contribution is 0.175. The number of aromatic amines is 1. The van der Waals surface area contributed by atoms with E-state index in [0.717, 1.165) is 42.4 Å². The number of likely N-dealkylation sites (tertiary alicyclic amines) is 1. The molecule has 1 aliphatic rings. The van der Waals surface area contributed by atoms with Gasteiger partial charge in [-0.2, -0.15) is 0 Å². The lowest BCUT2D eigenvalue weighted by Crippen LogP contribution is -2.36. The van der Waals surface area contributed by atoms with Gasteiger partial charge in [0.05, 0.1) is 13.2 Å². The number of tetrazole rings is 1. The Hall–Kier alpha value is -2.58. The molecule has 0 amide bonds. The molecule has 3 heterocycles. The number of benzene rings is 1. The Kier molecular flexibility index (Phi) is 6.01. The van der Waals surface area contributed by atoms with Crippen molar-refractivity contribution in [1.29, 1.82) is 0 Å². The summed E-state index contributed by atoms with van der Waals surface area (Å²) in [6.07, 6.45) is 4.65. The summed E-state index contributed by atoms with van der Waals surface area (Å²) in [4.78, 5) is 18.5. The van der Waals surface area contributed by atoms with E-state index in [1.54, 1.807) is 11.8 Å². The number of aromatic nitrogens is 5. The number of ether oxygens (including phenoxy) is 1. The van der Waals surface area contributed by atoms with E-state index in [1.807, 2.05) is 18.2 Å². The maximum absolute atomic E-state index is 13.1. The van der Waals surface area contributed by atoms with Gasteiger partial charge in [-0.05, 0) is 66.9 Å². The van der Waals surface area contributed by atoms with E-state index < -0.39 is 0 Å². The van der Waals surface area contributed by atoms with Gasteiger partial charge in [-0.3, -0.25) is 9.69 Å². The van der Waals surface area contributed by atoms with Crippen molar-refractivity contribution in [3.63, 3.8) is 0 Å². The van der Waals surface area contributed by atoms with Crippen LogP contribution in [0.2, 0.25) is 0 Å². The Bertz CT molecular complexity index is 1020. The third-order valence-corrected chi connectivity index (χ3v) is 5.64. The monoisotopic (exact) mass is 396 g/mol. The fourth-order valence-electron chi connectivity index (χ4n) is 4.14. The summed E-state index contributed by atoms with van der Waals surface area (Å²) in [5.74, 6) is 0.696. The zero-order valence-electron chi connectivity index (χ0n) is 17.1. The molecule has 154 valence electrons. The number of rotatable bonds is 6. The van der Waals surface area contributed by atoms with Crippen LogP contribution in [0.4, 0.5) is 0 Å². The summed E-state index contributed by atoms with van der Waals surface area (Å²) in [6.45, 7) is 4.97. The molecular formula is C21H28N6O2. The van der Waals surface area contributed by atoms with Crippen LogP contribution < -0.4 is 5.56 Å². The maximum Gasteiger partial charge on any atom is 0.253 e. The quantitative estimate of drug-likeness (QED) is 0.688. The highest BCUT2D eigenvalue weighted by molar-refractivity contribution is 5.79. The Morgan fingerprint density at radius 1 is 1.17 bits per heavy atom. The molecule has 1 N–H and O–H groups in total. The Morgan fingerprint density at radius 2 is 1.97 bits per heavy atom. The van der Waals surface area contributed by atoms with Crippen LogP contribution in [-0.4, -0.2) is 56.9 Å². The summed E-state index contributed by atoms with van der Waals surface area (Å²) < 4.78 is 6.98. The number of H-pyrrole nitrogens is 1. The summed E-state index contributed by atoms with van der Waals surface area (Å²) in [6, 6.07) is 7.79. The van der Waals surface area contributed by atoms with Crippen LogP contribution in [-0.2, 0) is 11.3 Å². The van der Waals surface area contributed by atoms with Crippen molar-refractivity contribution >= 4 is 10.9 Å². The zero-order valence-corrected chi connectivity index (χ0v) is 17.1. The molecular weight excluding hydrogens is 368 g/mol. The molecule has 1 saturated heterocycles. The van der Waals surface area contributed by atoms with E-state index in [9.17, 15) is 4.79 Å². The summed E-state index contributed by atoms with van der Waals surface area (Å²) >= 11 is 0. The fraction of sp³-hybridized carbons (Fsp3) is 0.524. The largest absolute Gasteiger partial charge is 0.383 e. The molecule has 0 bridgehead atoms. The first-order chi connectivity index (χ1) is 14.2. The molecule has 29 heavy (non-hydrogen) atoms. The maximum atomic E-state index is 13.1. The second-order valence-electron chi connectivity index (χ2n) is 7.75. The highest BCUT2D eigenvalue weighted by Gasteiger charge is 2.30. The van der Waals surface area contributed by atoms with Crippen LogP contribution in [0.15, 0.2) is 29.1 Å². The summed E-state index contributed by atoms with van der Waals surface area (Å²) in [5, 5.41) is 13.4. The highest BCUT2D eigenvalue weighted by Crippen LogP contribution is 2.29. The highest BCUT2D eigenvalue weighted by atomic mass is 16.5. The van der Waals surface area contributed by atoms with E-state index in [1.165, 1.54) is 12.8 Å². The topological polar surface area (TPSA) is 88.9 Å². The van der Waals surface area contributed by atoms with Gasteiger partial charge in [0.1, 0.15) is 6.04 Å². The minimum atomic E-state index is -0.284. The minimum Gasteiger partial charge on any atom is -0.383 e. The van der Waals surface area contributed by atoms with E-state index in [4.69, 9.17) is 4.74 Å². The molecule has 1 aromatic carbocycles. The summed E-state index contributed by atoms with van der Waals surface area (Å²) in [7, 11) is 1.66. The van der Waals surface area contributed by atoms with Crippen LogP contribution >= 0.6 is 0 Å². The van der Waals surface area contributed by atoms with E-state index >= 15 is 0 Å². The molecule has 8 heteroatoms. The molecule has 3 aromatic rings. The Morgan fingerprint density at radius 3 is 2.72 bits per heavy atom. The van der Waals surface area contributed by atoms with Gasteiger partial charge >= 0.3 is 0 Å². The molecule has 2 aromatic heterocycles. The number of nitrogens with zero attached hydrogens (tertiary/aromatic N) is 5. The average Bonchev–Trinajstić information content (AvgIpc) is 3.00. The van der Waals surface area contributed by atoms with E-state index in [2.05, 4.69) is 38.4 Å². The van der Waals surface area contributed by atoms with Gasteiger partial charge in [0.25, 0.3) is 5.56 Å². The fourth-order valence-corrected chi connectivity index (χ4v) is 4.14. The van der Waals surface area contributed by atoms with Gasteiger partial charge in [-0.15, -0.1) is 5.10 Å². The molecule has 0 saturated carbocycles. The van der Waals surface area contributed by atoms with E-state index in [0.29, 0.717) is 24.5 Å². The predicted molar refractivity (Wildman–Crippen MR) is 111 cm³/mol. The molecule has 0 radical (unpaired) electrons. The third-order valence-electron chi connectivity index (χ3n) is 5.64. The van der Waals surface area contributed by atoms with Gasteiger partial charge < -0.3 is 9.72 Å². The number of hydrogen-bond acceptors (Lipinski definition) is 6. The lowest BCUT2D eigenvalue weighted by atomic mass is 10.0. The van der Waals surface area contributed by atoms with Crippen molar-refractivity contribution in [2.45, 2.75) is 45.2 Å². The normalized spacial score (nSPS) is 16.8. The first-order valence-corrected chi connectivity index (χ1v) is 10.3. The number of nitrogens with one attached hydrogen (secondary N) is 1. The predicted octanol–water partition coefficient (Wildman–Crippen LogP) is 2.43. The number of hydrogen-bond donors (Lipinski definition) is 1. The van der Waals surface area contributed by atoms with Crippen LogP contribution in [0.1, 0.15) is 48.7 Å². The van der Waals surface area contributed by atoms with Gasteiger partial charge in [-0.25, -0.2) is 4.68 Å². The number of aryl methyl sites for hydroxylation is 1. The standard InChI is InChI=1S/C21H28N6O2/c1-15-7-8-18-16(13-15)14-17(21(28)22-18)19(26-9-5-3-4-6-10-26)20-23-24-25-27(20)11-12-29-2/h7-8,13-14,19H,3-6,9-12H2,1-2H3,(H,22,28)/t19-/m1/s1. The second kappa shape index (κ2) is 8.84.